The first kappa shape index (κ1) is 11.4. The molecule has 1 aromatic rings. The summed E-state index contributed by atoms with van der Waals surface area (Å²) in [7, 11) is 0. The van der Waals surface area contributed by atoms with E-state index in [0.717, 1.165) is 41.5 Å². The molecular formula is C13H14BrNO. The molecule has 0 saturated carbocycles. The molecule has 0 radical (unpaired) electrons. The Bertz CT molecular complexity index is 440. The number of rotatable bonds is 2. The predicted octanol–water partition coefficient (Wildman–Crippen LogP) is 3.42. The van der Waals surface area contributed by atoms with E-state index >= 15 is 0 Å². The molecule has 1 aliphatic rings. The van der Waals surface area contributed by atoms with Gasteiger partial charge >= 0.3 is 0 Å². The third-order valence-electron chi connectivity index (χ3n) is 2.89. The van der Waals surface area contributed by atoms with Crippen molar-refractivity contribution in [2.45, 2.75) is 13.3 Å². The summed E-state index contributed by atoms with van der Waals surface area (Å²) in [5, 5.41) is 0. The van der Waals surface area contributed by atoms with Gasteiger partial charge in [0.2, 0.25) is 0 Å². The van der Waals surface area contributed by atoms with E-state index in [4.69, 9.17) is 0 Å². The first-order valence-corrected chi connectivity index (χ1v) is 6.15. The van der Waals surface area contributed by atoms with Gasteiger partial charge in [-0.2, -0.15) is 0 Å². The zero-order chi connectivity index (χ0) is 11.5. The van der Waals surface area contributed by atoms with E-state index in [-0.39, 0.29) is 0 Å². The molecule has 0 aliphatic carbocycles. The SMILES string of the molecule is CC1=CCN(c2ccc(Br)cc2C=O)CC1. The number of nitrogens with zero attached hydrogens (tertiary/aromatic N) is 1. The Morgan fingerprint density at radius 2 is 2.25 bits per heavy atom. The molecule has 1 aromatic carbocycles. The van der Waals surface area contributed by atoms with Crippen LogP contribution < -0.4 is 4.90 Å². The van der Waals surface area contributed by atoms with Crippen LogP contribution in [0.4, 0.5) is 5.69 Å². The topological polar surface area (TPSA) is 20.3 Å². The predicted molar refractivity (Wildman–Crippen MR) is 70.1 cm³/mol. The minimum absolute atomic E-state index is 0.752. The molecule has 0 bridgehead atoms. The third kappa shape index (κ3) is 2.35. The number of carbonyl (C=O) groups excluding carboxylic acids is 1. The smallest absolute Gasteiger partial charge is 0.152 e. The van der Waals surface area contributed by atoms with Gasteiger partial charge in [-0.3, -0.25) is 4.79 Å². The maximum absolute atomic E-state index is 11.0. The highest BCUT2D eigenvalue weighted by Crippen LogP contribution is 2.25. The lowest BCUT2D eigenvalue weighted by Crippen LogP contribution is -2.28. The molecule has 2 nitrogen and oxygen atoms in total. The fraction of sp³-hybridized carbons (Fsp3) is 0.308. The normalized spacial score (nSPS) is 15.9. The number of carbonyl (C=O) groups is 1. The zero-order valence-corrected chi connectivity index (χ0v) is 10.8. The van der Waals surface area contributed by atoms with E-state index in [1.54, 1.807) is 0 Å². The molecule has 1 heterocycles. The van der Waals surface area contributed by atoms with Gasteiger partial charge < -0.3 is 4.90 Å². The van der Waals surface area contributed by atoms with Gasteiger partial charge in [0.05, 0.1) is 0 Å². The Hall–Kier alpha value is -1.09. The second kappa shape index (κ2) is 4.83. The molecule has 1 aliphatic heterocycles. The third-order valence-corrected chi connectivity index (χ3v) is 3.39. The minimum atomic E-state index is 0.752. The van der Waals surface area contributed by atoms with Crippen molar-refractivity contribution in [3.05, 3.63) is 39.9 Å². The second-order valence-corrected chi connectivity index (χ2v) is 4.98. The summed E-state index contributed by atoms with van der Waals surface area (Å²) in [4.78, 5) is 13.3. The molecule has 0 unspecified atom stereocenters. The van der Waals surface area contributed by atoms with Crippen molar-refractivity contribution in [3.63, 3.8) is 0 Å². The monoisotopic (exact) mass is 279 g/mol. The quantitative estimate of drug-likeness (QED) is 0.611. The van der Waals surface area contributed by atoms with E-state index in [9.17, 15) is 4.79 Å². The van der Waals surface area contributed by atoms with Crippen LogP contribution >= 0.6 is 15.9 Å². The number of benzene rings is 1. The Balaban J connectivity index is 2.30. The van der Waals surface area contributed by atoms with Crippen LogP contribution in [-0.2, 0) is 0 Å². The van der Waals surface area contributed by atoms with Gasteiger partial charge in [-0.05, 0) is 31.5 Å². The van der Waals surface area contributed by atoms with Gasteiger partial charge in [-0.1, -0.05) is 27.6 Å². The molecule has 0 spiro atoms. The number of hydrogen-bond acceptors (Lipinski definition) is 2. The van der Waals surface area contributed by atoms with E-state index in [0.29, 0.717) is 0 Å². The lowest BCUT2D eigenvalue weighted by atomic mass is 10.1. The number of hydrogen-bond donors (Lipinski definition) is 0. The molecule has 0 aromatic heterocycles. The maximum Gasteiger partial charge on any atom is 0.152 e. The van der Waals surface area contributed by atoms with Crippen LogP contribution in [0, 0.1) is 0 Å². The van der Waals surface area contributed by atoms with Gasteiger partial charge in [-0.25, -0.2) is 0 Å². The van der Waals surface area contributed by atoms with Crippen molar-refractivity contribution in [1.29, 1.82) is 0 Å². The molecule has 0 fully saturated rings. The highest BCUT2D eigenvalue weighted by Gasteiger charge is 2.13. The van der Waals surface area contributed by atoms with Gasteiger partial charge in [0.25, 0.3) is 0 Å². The van der Waals surface area contributed by atoms with Crippen molar-refractivity contribution in [1.82, 2.24) is 0 Å². The van der Waals surface area contributed by atoms with Crippen molar-refractivity contribution in [2.75, 3.05) is 18.0 Å². The van der Waals surface area contributed by atoms with Crippen LogP contribution in [0.2, 0.25) is 0 Å². The first-order valence-electron chi connectivity index (χ1n) is 5.36. The molecular weight excluding hydrogens is 266 g/mol. The second-order valence-electron chi connectivity index (χ2n) is 4.07. The average molecular weight is 280 g/mol. The van der Waals surface area contributed by atoms with Crippen LogP contribution in [0.25, 0.3) is 0 Å². The van der Waals surface area contributed by atoms with E-state index < -0.39 is 0 Å². The van der Waals surface area contributed by atoms with Crippen LogP contribution in [-0.4, -0.2) is 19.4 Å². The summed E-state index contributed by atoms with van der Waals surface area (Å²) in [5.74, 6) is 0. The van der Waals surface area contributed by atoms with Crippen molar-refractivity contribution < 1.29 is 4.79 Å². The number of anilines is 1. The molecule has 3 heteroatoms. The average Bonchev–Trinajstić information content (AvgIpc) is 2.30. The molecule has 84 valence electrons. The van der Waals surface area contributed by atoms with Crippen molar-refractivity contribution in [3.8, 4) is 0 Å². The van der Waals surface area contributed by atoms with Gasteiger partial charge in [0.15, 0.2) is 6.29 Å². The Morgan fingerprint density at radius 3 is 2.88 bits per heavy atom. The molecule has 0 atom stereocenters. The summed E-state index contributed by atoms with van der Waals surface area (Å²) >= 11 is 3.38. The first-order chi connectivity index (χ1) is 7.70. The Kier molecular flexibility index (Phi) is 3.44. The van der Waals surface area contributed by atoms with Crippen LogP contribution in [0.5, 0.6) is 0 Å². The summed E-state index contributed by atoms with van der Waals surface area (Å²) in [5.41, 5.74) is 3.21. The molecule has 0 N–H and O–H groups in total. The zero-order valence-electron chi connectivity index (χ0n) is 9.24. The molecule has 2 rings (SSSR count). The molecule has 16 heavy (non-hydrogen) atoms. The summed E-state index contributed by atoms with van der Waals surface area (Å²) in [6.07, 6.45) is 4.22. The highest BCUT2D eigenvalue weighted by atomic mass is 79.9. The van der Waals surface area contributed by atoms with Gasteiger partial charge in [0.1, 0.15) is 0 Å². The summed E-state index contributed by atoms with van der Waals surface area (Å²) in [6, 6.07) is 5.85. The summed E-state index contributed by atoms with van der Waals surface area (Å²) in [6.45, 7) is 4.04. The van der Waals surface area contributed by atoms with E-state index in [1.165, 1.54) is 5.57 Å². The minimum Gasteiger partial charge on any atom is -0.367 e. The highest BCUT2D eigenvalue weighted by molar-refractivity contribution is 9.10. The van der Waals surface area contributed by atoms with E-state index in [2.05, 4.69) is 33.8 Å². The fourth-order valence-electron chi connectivity index (χ4n) is 1.90. The number of aldehydes is 1. The molecule has 0 saturated heterocycles. The van der Waals surface area contributed by atoms with Crippen molar-refractivity contribution in [2.24, 2.45) is 0 Å². The Morgan fingerprint density at radius 1 is 1.44 bits per heavy atom. The summed E-state index contributed by atoms with van der Waals surface area (Å²) < 4.78 is 0.946. The van der Waals surface area contributed by atoms with Crippen molar-refractivity contribution >= 4 is 27.9 Å². The standard InChI is InChI=1S/C13H14BrNO/c1-10-4-6-15(7-5-10)13-3-2-12(14)8-11(13)9-16/h2-4,8-9H,5-7H2,1H3. The molecule has 0 amide bonds. The van der Waals surface area contributed by atoms with Crippen LogP contribution in [0.1, 0.15) is 23.7 Å². The van der Waals surface area contributed by atoms with Gasteiger partial charge in [-0.15, -0.1) is 0 Å². The maximum atomic E-state index is 11.0. The van der Waals surface area contributed by atoms with Gasteiger partial charge in [0, 0.05) is 28.8 Å². The largest absolute Gasteiger partial charge is 0.367 e. The fourth-order valence-corrected chi connectivity index (χ4v) is 2.28. The van der Waals surface area contributed by atoms with Crippen LogP contribution in [0.3, 0.4) is 0 Å². The van der Waals surface area contributed by atoms with E-state index in [1.807, 2.05) is 18.2 Å². The van der Waals surface area contributed by atoms with Crippen LogP contribution in [0.15, 0.2) is 34.3 Å². The number of halogens is 1. The lowest BCUT2D eigenvalue weighted by Gasteiger charge is -2.28. The Labute approximate surface area is 104 Å². The lowest BCUT2D eigenvalue weighted by molar-refractivity contribution is 0.112.